The molecule has 0 aliphatic carbocycles. The van der Waals surface area contributed by atoms with Gasteiger partial charge in [-0.1, -0.05) is 12.1 Å². The van der Waals surface area contributed by atoms with Crippen LogP contribution in [0.25, 0.3) is 11.1 Å². The fourth-order valence-electron chi connectivity index (χ4n) is 1.81. The number of anilines is 1. The molecule has 0 bridgehead atoms. The SMILES string of the molecule is CCOC(=O)[C@H](CCSC)Nc1nc2ccccc2o1. The van der Waals surface area contributed by atoms with E-state index < -0.39 is 6.04 Å². The summed E-state index contributed by atoms with van der Waals surface area (Å²) in [5, 5.41) is 3.02. The van der Waals surface area contributed by atoms with E-state index in [1.165, 1.54) is 0 Å². The van der Waals surface area contributed by atoms with Gasteiger partial charge in [0.15, 0.2) is 5.58 Å². The highest BCUT2D eigenvalue weighted by atomic mass is 32.2. The maximum Gasteiger partial charge on any atom is 0.328 e. The Labute approximate surface area is 122 Å². The molecule has 0 aliphatic heterocycles. The summed E-state index contributed by atoms with van der Waals surface area (Å²) in [7, 11) is 0. The number of rotatable bonds is 7. The van der Waals surface area contributed by atoms with Crippen molar-refractivity contribution in [3.05, 3.63) is 24.3 Å². The van der Waals surface area contributed by atoms with E-state index in [9.17, 15) is 4.79 Å². The van der Waals surface area contributed by atoms with Crippen LogP contribution >= 0.6 is 11.8 Å². The minimum absolute atomic E-state index is 0.274. The first-order valence-corrected chi connectivity index (χ1v) is 7.91. The number of esters is 1. The molecule has 2 aromatic rings. The predicted octanol–water partition coefficient (Wildman–Crippen LogP) is 2.92. The summed E-state index contributed by atoms with van der Waals surface area (Å²) in [5.41, 5.74) is 1.46. The monoisotopic (exact) mass is 294 g/mol. The van der Waals surface area contributed by atoms with E-state index in [0.29, 0.717) is 24.6 Å². The number of carbonyl (C=O) groups excluding carboxylic acids is 1. The van der Waals surface area contributed by atoms with Gasteiger partial charge in [0.1, 0.15) is 11.6 Å². The van der Waals surface area contributed by atoms with E-state index in [1.54, 1.807) is 18.7 Å². The van der Waals surface area contributed by atoms with Crippen molar-refractivity contribution in [2.45, 2.75) is 19.4 Å². The van der Waals surface area contributed by atoms with Gasteiger partial charge in [-0.3, -0.25) is 0 Å². The Morgan fingerprint density at radius 1 is 1.50 bits per heavy atom. The molecule has 5 nitrogen and oxygen atoms in total. The fourth-order valence-corrected chi connectivity index (χ4v) is 2.28. The van der Waals surface area contributed by atoms with Crippen LogP contribution in [0.1, 0.15) is 13.3 Å². The number of hydrogen-bond donors (Lipinski definition) is 1. The van der Waals surface area contributed by atoms with E-state index in [-0.39, 0.29) is 5.97 Å². The molecule has 0 spiro atoms. The number of carbonyl (C=O) groups is 1. The zero-order valence-corrected chi connectivity index (χ0v) is 12.4. The normalized spacial score (nSPS) is 12.3. The summed E-state index contributed by atoms with van der Waals surface area (Å²) in [6.07, 6.45) is 2.67. The summed E-state index contributed by atoms with van der Waals surface area (Å²) >= 11 is 1.68. The minimum atomic E-state index is -0.435. The Morgan fingerprint density at radius 2 is 2.30 bits per heavy atom. The number of para-hydroxylation sites is 2. The summed E-state index contributed by atoms with van der Waals surface area (Å²) in [6, 6.07) is 7.40. The van der Waals surface area contributed by atoms with Gasteiger partial charge in [-0.2, -0.15) is 16.7 Å². The van der Waals surface area contributed by atoms with Gasteiger partial charge >= 0.3 is 5.97 Å². The highest BCUT2D eigenvalue weighted by molar-refractivity contribution is 7.98. The number of nitrogens with one attached hydrogen (secondary N) is 1. The molecule has 1 aromatic carbocycles. The molecule has 0 saturated carbocycles. The summed E-state index contributed by atoms with van der Waals surface area (Å²) < 4.78 is 10.6. The Balaban J connectivity index is 2.11. The van der Waals surface area contributed by atoms with Gasteiger partial charge in [-0.15, -0.1) is 0 Å². The lowest BCUT2D eigenvalue weighted by molar-refractivity contribution is -0.144. The fraction of sp³-hybridized carbons (Fsp3) is 0.429. The molecule has 1 N–H and O–H groups in total. The Kier molecular flexibility index (Phi) is 5.29. The lowest BCUT2D eigenvalue weighted by Gasteiger charge is -2.15. The van der Waals surface area contributed by atoms with Crippen molar-refractivity contribution in [2.75, 3.05) is 23.9 Å². The molecule has 20 heavy (non-hydrogen) atoms. The Morgan fingerprint density at radius 3 is 3.00 bits per heavy atom. The number of ether oxygens (including phenoxy) is 1. The molecule has 1 atom stereocenters. The van der Waals surface area contributed by atoms with E-state index in [1.807, 2.05) is 30.5 Å². The van der Waals surface area contributed by atoms with E-state index in [0.717, 1.165) is 11.3 Å². The first-order valence-electron chi connectivity index (χ1n) is 6.52. The molecule has 0 radical (unpaired) electrons. The lowest BCUT2D eigenvalue weighted by Crippen LogP contribution is -2.32. The molecular weight excluding hydrogens is 276 g/mol. The van der Waals surface area contributed by atoms with Crippen LogP contribution in [0.15, 0.2) is 28.7 Å². The van der Waals surface area contributed by atoms with Gasteiger partial charge in [-0.05, 0) is 37.5 Å². The number of thioether (sulfide) groups is 1. The van der Waals surface area contributed by atoms with Crippen molar-refractivity contribution in [2.24, 2.45) is 0 Å². The first kappa shape index (κ1) is 14.7. The lowest BCUT2D eigenvalue weighted by atomic mass is 10.2. The van der Waals surface area contributed by atoms with Gasteiger partial charge in [0, 0.05) is 0 Å². The van der Waals surface area contributed by atoms with Crippen molar-refractivity contribution >= 4 is 34.8 Å². The number of benzene rings is 1. The molecular formula is C14H18N2O3S. The molecule has 108 valence electrons. The van der Waals surface area contributed by atoms with Gasteiger partial charge in [-0.25, -0.2) is 4.79 Å². The third-order valence-corrected chi connectivity index (χ3v) is 3.42. The van der Waals surface area contributed by atoms with E-state index in [2.05, 4.69) is 10.3 Å². The van der Waals surface area contributed by atoms with Gasteiger partial charge in [0.2, 0.25) is 0 Å². The topological polar surface area (TPSA) is 64.4 Å². The minimum Gasteiger partial charge on any atom is -0.464 e. The first-order chi connectivity index (χ1) is 9.74. The smallest absolute Gasteiger partial charge is 0.328 e. The van der Waals surface area contributed by atoms with Crippen LogP contribution in [-0.4, -0.2) is 35.6 Å². The second kappa shape index (κ2) is 7.19. The summed E-state index contributed by atoms with van der Waals surface area (Å²) in [4.78, 5) is 16.2. The standard InChI is InChI=1S/C14H18N2O3S/c1-3-18-13(17)11(8-9-20-2)16-14-15-10-6-4-5-7-12(10)19-14/h4-7,11H,3,8-9H2,1-2H3,(H,15,16)/t11-/m0/s1. The zero-order chi connectivity index (χ0) is 14.4. The molecule has 0 fully saturated rings. The molecule has 0 amide bonds. The van der Waals surface area contributed by atoms with Crippen molar-refractivity contribution < 1.29 is 13.9 Å². The molecule has 0 saturated heterocycles. The number of nitrogens with zero attached hydrogens (tertiary/aromatic N) is 1. The molecule has 2 rings (SSSR count). The number of aromatic nitrogens is 1. The largest absolute Gasteiger partial charge is 0.464 e. The molecule has 0 unspecified atom stereocenters. The molecule has 1 aromatic heterocycles. The highest BCUT2D eigenvalue weighted by Crippen LogP contribution is 2.19. The quantitative estimate of drug-likeness (QED) is 0.792. The summed E-state index contributed by atoms with van der Waals surface area (Å²) in [5.74, 6) is 0.584. The van der Waals surface area contributed by atoms with Crippen molar-refractivity contribution in [3.8, 4) is 0 Å². The van der Waals surface area contributed by atoms with Crippen LogP contribution in [0.4, 0.5) is 6.01 Å². The Hall–Kier alpha value is -1.69. The second-order valence-electron chi connectivity index (χ2n) is 4.22. The molecule has 0 aliphatic rings. The molecule has 1 heterocycles. The average molecular weight is 294 g/mol. The van der Waals surface area contributed by atoms with Crippen LogP contribution in [0.2, 0.25) is 0 Å². The van der Waals surface area contributed by atoms with Crippen LogP contribution in [-0.2, 0) is 9.53 Å². The third-order valence-electron chi connectivity index (χ3n) is 2.77. The third kappa shape index (κ3) is 3.66. The van der Waals surface area contributed by atoms with Crippen molar-refractivity contribution in [1.29, 1.82) is 0 Å². The number of oxazole rings is 1. The van der Waals surface area contributed by atoms with Gasteiger partial charge < -0.3 is 14.5 Å². The van der Waals surface area contributed by atoms with E-state index >= 15 is 0 Å². The van der Waals surface area contributed by atoms with Gasteiger partial charge in [0.05, 0.1) is 6.61 Å². The van der Waals surface area contributed by atoms with Crippen LogP contribution in [0.5, 0.6) is 0 Å². The average Bonchev–Trinajstić information content (AvgIpc) is 2.86. The van der Waals surface area contributed by atoms with Crippen LogP contribution in [0.3, 0.4) is 0 Å². The number of hydrogen-bond acceptors (Lipinski definition) is 6. The van der Waals surface area contributed by atoms with Crippen LogP contribution in [0, 0.1) is 0 Å². The van der Waals surface area contributed by atoms with Crippen molar-refractivity contribution in [1.82, 2.24) is 4.98 Å². The van der Waals surface area contributed by atoms with Crippen LogP contribution < -0.4 is 5.32 Å². The number of fused-ring (bicyclic) bond motifs is 1. The maximum absolute atomic E-state index is 11.9. The highest BCUT2D eigenvalue weighted by Gasteiger charge is 2.21. The predicted molar refractivity (Wildman–Crippen MR) is 81.1 cm³/mol. The second-order valence-corrected chi connectivity index (χ2v) is 5.20. The molecule has 6 heteroatoms. The van der Waals surface area contributed by atoms with Crippen molar-refractivity contribution in [3.63, 3.8) is 0 Å². The van der Waals surface area contributed by atoms with E-state index in [4.69, 9.17) is 9.15 Å². The Bertz CT molecular complexity index is 537. The summed E-state index contributed by atoms with van der Waals surface area (Å²) in [6.45, 7) is 2.16. The maximum atomic E-state index is 11.9. The zero-order valence-electron chi connectivity index (χ0n) is 11.6. The van der Waals surface area contributed by atoms with Gasteiger partial charge in [0.25, 0.3) is 6.01 Å².